The highest BCUT2D eigenvalue weighted by Crippen LogP contribution is 2.34. The number of nitrogens with zero attached hydrogens (tertiary/aromatic N) is 1. The van der Waals surface area contributed by atoms with E-state index in [1.165, 1.54) is 0 Å². The highest BCUT2D eigenvalue weighted by atomic mass is 79.9. The monoisotopic (exact) mass is 312 g/mol. The number of aromatic nitrogens is 1. The molecule has 3 nitrogen and oxygen atoms in total. The van der Waals surface area contributed by atoms with Gasteiger partial charge in [-0.05, 0) is 25.2 Å². The third-order valence-corrected chi connectivity index (χ3v) is 3.72. The van der Waals surface area contributed by atoms with Crippen molar-refractivity contribution in [1.82, 2.24) is 10.3 Å². The van der Waals surface area contributed by atoms with E-state index in [0.29, 0.717) is 0 Å². The number of halogens is 1. The van der Waals surface area contributed by atoms with Gasteiger partial charge in [-0.1, -0.05) is 15.9 Å². The zero-order valence-electron chi connectivity index (χ0n) is 9.66. The Hall–Kier alpha value is -0.910. The second-order valence-electron chi connectivity index (χ2n) is 3.52. The molecule has 0 amide bonds. The van der Waals surface area contributed by atoms with Crippen molar-refractivity contribution in [3.63, 3.8) is 0 Å². The summed E-state index contributed by atoms with van der Waals surface area (Å²) in [6.45, 7) is 0.785. The van der Waals surface area contributed by atoms with Gasteiger partial charge < -0.3 is 10.1 Å². The van der Waals surface area contributed by atoms with Crippen LogP contribution in [0.1, 0.15) is 5.69 Å². The number of ether oxygens (including phenoxy) is 1. The van der Waals surface area contributed by atoms with Crippen molar-refractivity contribution < 1.29 is 4.74 Å². The summed E-state index contributed by atoms with van der Waals surface area (Å²) in [6, 6.07) is 5.93. The molecule has 0 unspecified atom stereocenters. The van der Waals surface area contributed by atoms with Crippen LogP contribution in [0.5, 0.6) is 5.75 Å². The van der Waals surface area contributed by atoms with E-state index in [2.05, 4.69) is 31.6 Å². The van der Waals surface area contributed by atoms with Crippen molar-refractivity contribution in [2.24, 2.45) is 0 Å². The maximum Gasteiger partial charge on any atom is 0.129 e. The van der Waals surface area contributed by atoms with Crippen molar-refractivity contribution >= 4 is 27.3 Å². The number of hydrogen-bond acceptors (Lipinski definition) is 4. The van der Waals surface area contributed by atoms with Crippen LogP contribution in [-0.2, 0) is 6.54 Å². The molecule has 0 atom stereocenters. The van der Waals surface area contributed by atoms with Gasteiger partial charge in [0.25, 0.3) is 0 Å². The zero-order valence-corrected chi connectivity index (χ0v) is 12.1. The fourth-order valence-electron chi connectivity index (χ4n) is 1.54. The van der Waals surface area contributed by atoms with E-state index in [-0.39, 0.29) is 0 Å². The maximum absolute atomic E-state index is 5.35. The summed E-state index contributed by atoms with van der Waals surface area (Å²) in [5.74, 6) is 0.846. The Morgan fingerprint density at radius 1 is 1.47 bits per heavy atom. The first-order chi connectivity index (χ1) is 8.24. The van der Waals surface area contributed by atoms with Crippen molar-refractivity contribution in [3.8, 4) is 16.3 Å². The molecule has 2 aromatic rings. The molecule has 1 heterocycles. The second kappa shape index (κ2) is 5.62. The van der Waals surface area contributed by atoms with E-state index >= 15 is 0 Å². The summed E-state index contributed by atoms with van der Waals surface area (Å²) in [6.07, 6.45) is 0. The van der Waals surface area contributed by atoms with Crippen molar-refractivity contribution in [2.45, 2.75) is 6.54 Å². The molecule has 0 spiro atoms. The topological polar surface area (TPSA) is 34.1 Å². The predicted octanol–water partition coefficient (Wildman–Crippen LogP) is 3.30. The van der Waals surface area contributed by atoms with E-state index in [1.54, 1.807) is 18.4 Å². The molecule has 0 aliphatic rings. The van der Waals surface area contributed by atoms with Crippen LogP contribution in [-0.4, -0.2) is 19.1 Å². The van der Waals surface area contributed by atoms with Gasteiger partial charge in [0.15, 0.2) is 0 Å². The average molecular weight is 313 g/mol. The first-order valence-corrected chi connectivity index (χ1v) is 6.84. The summed E-state index contributed by atoms with van der Waals surface area (Å²) in [5.41, 5.74) is 2.07. The lowest BCUT2D eigenvalue weighted by atomic mass is 10.2. The number of thiazole rings is 1. The van der Waals surface area contributed by atoms with Crippen LogP contribution < -0.4 is 10.1 Å². The Kier molecular flexibility index (Phi) is 4.15. The minimum Gasteiger partial charge on any atom is -0.496 e. The van der Waals surface area contributed by atoms with Gasteiger partial charge in [0, 0.05) is 16.4 Å². The van der Waals surface area contributed by atoms with Crippen molar-refractivity contribution in [3.05, 3.63) is 33.7 Å². The molecule has 0 bridgehead atoms. The fraction of sp³-hybridized carbons (Fsp3) is 0.250. The Morgan fingerprint density at radius 2 is 2.29 bits per heavy atom. The van der Waals surface area contributed by atoms with Gasteiger partial charge in [-0.25, -0.2) is 4.98 Å². The Morgan fingerprint density at radius 3 is 3.00 bits per heavy atom. The summed E-state index contributed by atoms with van der Waals surface area (Å²) < 4.78 is 6.38. The minimum atomic E-state index is 0.785. The van der Waals surface area contributed by atoms with E-state index < -0.39 is 0 Å². The standard InChI is InChI=1S/C12H13BrN2OS/c1-14-6-9-7-17-12(15-9)10-5-8(13)3-4-11(10)16-2/h3-5,7,14H,6H2,1-2H3. The van der Waals surface area contributed by atoms with Gasteiger partial charge in [0.2, 0.25) is 0 Å². The van der Waals surface area contributed by atoms with Crippen LogP contribution in [0.25, 0.3) is 10.6 Å². The normalized spacial score (nSPS) is 10.5. The molecule has 90 valence electrons. The summed E-state index contributed by atoms with van der Waals surface area (Å²) in [5, 5.41) is 6.13. The lowest BCUT2D eigenvalue weighted by Crippen LogP contribution is -2.04. The van der Waals surface area contributed by atoms with E-state index in [9.17, 15) is 0 Å². The molecule has 0 radical (unpaired) electrons. The molecule has 0 aliphatic heterocycles. The van der Waals surface area contributed by atoms with Crippen LogP contribution in [0.15, 0.2) is 28.1 Å². The predicted molar refractivity (Wildman–Crippen MR) is 74.6 cm³/mol. The van der Waals surface area contributed by atoms with Crippen molar-refractivity contribution in [1.29, 1.82) is 0 Å². The number of rotatable bonds is 4. The first kappa shape index (κ1) is 12.5. The molecule has 17 heavy (non-hydrogen) atoms. The molecular formula is C12H13BrN2OS. The Bertz CT molecular complexity index is 513. The van der Waals surface area contributed by atoms with Crippen molar-refractivity contribution in [2.75, 3.05) is 14.2 Å². The van der Waals surface area contributed by atoms with Crippen LogP contribution in [0.3, 0.4) is 0 Å². The molecule has 1 N–H and O–H groups in total. The maximum atomic E-state index is 5.35. The van der Waals surface area contributed by atoms with Crippen LogP contribution in [0.4, 0.5) is 0 Å². The van der Waals surface area contributed by atoms with Crippen LogP contribution >= 0.6 is 27.3 Å². The quantitative estimate of drug-likeness (QED) is 0.940. The Balaban J connectivity index is 2.40. The summed E-state index contributed by atoms with van der Waals surface area (Å²) in [4.78, 5) is 4.58. The lowest BCUT2D eigenvalue weighted by molar-refractivity contribution is 0.416. The van der Waals surface area contributed by atoms with Gasteiger partial charge in [-0.2, -0.15) is 0 Å². The fourth-order valence-corrected chi connectivity index (χ4v) is 2.74. The molecule has 2 rings (SSSR count). The van der Waals surface area contributed by atoms with Crippen LogP contribution in [0, 0.1) is 0 Å². The molecule has 0 fully saturated rings. The average Bonchev–Trinajstić information content (AvgIpc) is 2.78. The largest absolute Gasteiger partial charge is 0.496 e. The SMILES string of the molecule is CNCc1csc(-c2cc(Br)ccc2OC)n1. The second-order valence-corrected chi connectivity index (χ2v) is 5.29. The molecule has 1 aromatic carbocycles. The number of benzene rings is 1. The molecule has 0 aliphatic carbocycles. The van der Waals surface area contributed by atoms with Gasteiger partial charge in [0.1, 0.15) is 10.8 Å². The summed E-state index contributed by atoms with van der Waals surface area (Å²) >= 11 is 5.10. The van der Waals surface area contributed by atoms with E-state index in [1.807, 2.05) is 25.2 Å². The van der Waals surface area contributed by atoms with Gasteiger partial charge in [-0.15, -0.1) is 11.3 Å². The van der Waals surface area contributed by atoms with Gasteiger partial charge >= 0.3 is 0 Å². The molecule has 5 heteroatoms. The van der Waals surface area contributed by atoms with E-state index in [0.717, 1.165) is 33.0 Å². The molecule has 0 saturated carbocycles. The molecule has 0 saturated heterocycles. The van der Waals surface area contributed by atoms with Gasteiger partial charge in [-0.3, -0.25) is 0 Å². The van der Waals surface area contributed by atoms with E-state index in [4.69, 9.17) is 4.74 Å². The lowest BCUT2D eigenvalue weighted by Gasteiger charge is -2.06. The number of methoxy groups -OCH3 is 1. The highest BCUT2D eigenvalue weighted by molar-refractivity contribution is 9.10. The number of nitrogens with one attached hydrogen (secondary N) is 1. The molecule has 1 aromatic heterocycles. The minimum absolute atomic E-state index is 0.785. The van der Waals surface area contributed by atoms with Crippen LogP contribution in [0.2, 0.25) is 0 Å². The Labute approximate surface area is 113 Å². The first-order valence-electron chi connectivity index (χ1n) is 5.17. The highest BCUT2D eigenvalue weighted by Gasteiger charge is 2.10. The molecular weight excluding hydrogens is 300 g/mol. The smallest absolute Gasteiger partial charge is 0.129 e. The number of hydrogen-bond donors (Lipinski definition) is 1. The zero-order chi connectivity index (χ0) is 12.3. The third-order valence-electron chi connectivity index (χ3n) is 2.30. The third kappa shape index (κ3) is 2.86. The van der Waals surface area contributed by atoms with Gasteiger partial charge in [0.05, 0.1) is 18.4 Å². The summed E-state index contributed by atoms with van der Waals surface area (Å²) in [7, 11) is 3.59.